The number of halogens is 1. The minimum absolute atomic E-state index is 0.265. The molecule has 3 aromatic rings. The number of benzene rings is 2. The van der Waals surface area contributed by atoms with Gasteiger partial charge in [-0.25, -0.2) is 0 Å². The van der Waals surface area contributed by atoms with Gasteiger partial charge >= 0.3 is 0 Å². The molecule has 7 heteroatoms. The Bertz CT molecular complexity index is 983. The Balaban J connectivity index is 1.84. The summed E-state index contributed by atoms with van der Waals surface area (Å²) in [4.78, 5) is 26.3. The lowest BCUT2D eigenvalue weighted by Crippen LogP contribution is -2.21. The number of thiophene rings is 1. The van der Waals surface area contributed by atoms with Crippen LogP contribution in [0.5, 0.6) is 5.75 Å². The van der Waals surface area contributed by atoms with Gasteiger partial charge in [0.05, 0.1) is 23.2 Å². The largest absolute Gasteiger partial charge is 0.497 e. The highest BCUT2D eigenvalue weighted by Crippen LogP contribution is 2.30. The average Bonchev–Trinajstić information content (AvgIpc) is 3.18. The first-order valence-electron chi connectivity index (χ1n) is 8.09. The highest BCUT2D eigenvalue weighted by molar-refractivity contribution is 9.10. The molecule has 0 saturated heterocycles. The van der Waals surface area contributed by atoms with E-state index in [9.17, 15) is 9.59 Å². The molecule has 0 aliphatic rings. The van der Waals surface area contributed by atoms with Crippen molar-refractivity contribution < 1.29 is 14.3 Å². The number of hydrogen-bond acceptors (Lipinski definition) is 4. The number of ether oxygens (including phenoxy) is 1. The fourth-order valence-corrected chi connectivity index (χ4v) is 3.67. The number of carbonyl (C=O) groups excluding carboxylic acids is 2. The molecule has 138 valence electrons. The van der Waals surface area contributed by atoms with Crippen LogP contribution in [0.4, 0.5) is 5.69 Å². The Morgan fingerprint density at radius 3 is 2.41 bits per heavy atom. The number of rotatable bonds is 5. The summed E-state index contributed by atoms with van der Waals surface area (Å²) in [6, 6.07) is 16.5. The summed E-state index contributed by atoms with van der Waals surface area (Å²) in [5.41, 5.74) is 1.81. The molecule has 3 rings (SSSR count). The van der Waals surface area contributed by atoms with Crippen molar-refractivity contribution in [1.29, 1.82) is 0 Å². The third-order valence-corrected chi connectivity index (χ3v) is 5.57. The zero-order valence-electron chi connectivity index (χ0n) is 14.7. The van der Waals surface area contributed by atoms with Crippen molar-refractivity contribution in [3.05, 3.63) is 69.5 Å². The second kappa shape index (κ2) is 8.37. The Hall–Kier alpha value is -2.64. The van der Waals surface area contributed by atoms with E-state index in [1.54, 1.807) is 24.3 Å². The molecule has 1 aromatic heterocycles. The summed E-state index contributed by atoms with van der Waals surface area (Å²) in [6.07, 6.45) is 0. The molecule has 0 fully saturated rings. The van der Waals surface area contributed by atoms with E-state index >= 15 is 0 Å². The second-order valence-corrected chi connectivity index (χ2v) is 7.62. The third-order valence-electron chi connectivity index (χ3n) is 3.91. The predicted molar refractivity (Wildman–Crippen MR) is 112 cm³/mol. The lowest BCUT2D eigenvalue weighted by atomic mass is 10.1. The van der Waals surface area contributed by atoms with Gasteiger partial charge in [-0.1, -0.05) is 28.1 Å². The van der Waals surface area contributed by atoms with Crippen molar-refractivity contribution in [3.8, 4) is 16.2 Å². The van der Waals surface area contributed by atoms with E-state index in [0.29, 0.717) is 21.9 Å². The zero-order valence-corrected chi connectivity index (χ0v) is 17.1. The first kappa shape index (κ1) is 19.1. The molecule has 1 heterocycles. The van der Waals surface area contributed by atoms with Gasteiger partial charge in [-0.15, -0.1) is 11.3 Å². The average molecular weight is 445 g/mol. The van der Waals surface area contributed by atoms with Crippen molar-refractivity contribution >= 4 is 44.8 Å². The summed E-state index contributed by atoms with van der Waals surface area (Å²) in [7, 11) is 3.06. The van der Waals surface area contributed by atoms with Crippen LogP contribution in [0.2, 0.25) is 0 Å². The Morgan fingerprint density at radius 2 is 1.74 bits per heavy atom. The van der Waals surface area contributed by atoms with E-state index in [4.69, 9.17) is 4.74 Å². The standard InChI is InChI=1S/C20H17BrN2O3S/c1-22-19(24)15-11-14(26-2)7-8-16(15)23-20(25)18-10-9-17(27-18)12-3-5-13(21)6-4-12/h3-11H,1-2H3,(H,22,24)(H,23,25). The molecule has 0 atom stereocenters. The Labute approximate surface area is 169 Å². The van der Waals surface area contributed by atoms with Gasteiger partial charge in [-0.05, 0) is 48.0 Å². The van der Waals surface area contributed by atoms with Gasteiger partial charge in [0, 0.05) is 16.4 Å². The number of methoxy groups -OCH3 is 1. The maximum Gasteiger partial charge on any atom is 0.265 e. The van der Waals surface area contributed by atoms with E-state index in [2.05, 4.69) is 26.6 Å². The van der Waals surface area contributed by atoms with E-state index < -0.39 is 0 Å². The quantitative estimate of drug-likeness (QED) is 0.593. The molecular formula is C20H17BrN2O3S. The van der Waals surface area contributed by atoms with E-state index in [-0.39, 0.29) is 11.8 Å². The van der Waals surface area contributed by atoms with E-state index in [0.717, 1.165) is 14.9 Å². The van der Waals surface area contributed by atoms with Gasteiger partial charge in [0.1, 0.15) is 5.75 Å². The van der Waals surface area contributed by atoms with Gasteiger partial charge in [0.2, 0.25) is 0 Å². The normalized spacial score (nSPS) is 10.3. The van der Waals surface area contributed by atoms with Crippen LogP contribution >= 0.6 is 27.3 Å². The summed E-state index contributed by atoms with van der Waals surface area (Å²) in [6.45, 7) is 0. The second-order valence-electron chi connectivity index (χ2n) is 5.62. The SMILES string of the molecule is CNC(=O)c1cc(OC)ccc1NC(=O)c1ccc(-c2ccc(Br)cc2)s1. The molecule has 0 bridgehead atoms. The summed E-state index contributed by atoms with van der Waals surface area (Å²) in [5.74, 6) is -0.0233. The van der Waals surface area contributed by atoms with Gasteiger partial charge < -0.3 is 15.4 Å². The molecule has 0 aliphatic carbocycles. The van der Waals surface area contributed by atoms with Crippen LogP contribution < -0.4 is 15.4 Å². The highest BCUT2D eigenvalue weighted by atomic mass is 79.9. The van der Waals surface area contributed by atoms with E-state index in [1.165, 1.54) is 25.5 Å². The van der Waals surface area contributed by atoms with Crippen LogP contribution in [0.1, 0.15) is 20.0 Å². The number of hydrogen-bond donors (Lipinski definition) is 2. The Morgan fingerprint density at radius 1 is 1.00 bits per heavy atom. The first-order valence-corrected chi connectivity index (χ1v) is 9.70. The molecule has 0 unspecified atom stereocenters. The monoisotopic (exact) mass is 444 g/mol. The van der Waals surface area contributed by atoms with E-state index in [1.807, 2.05) is 30.3 Å². The number of anilines is 1. The minimum Gasteiger partial charge on any atom is -0.497 e. The molecule has 2 N–H and O–H groups in total. The van der Waals surface area contributed by atoms with Gasteiger partial charge in [-0.3, -0.25) is 9.59 Å². The van der Waals surface area contributed by atoms with Crippen molar-refractivity contribution in [2.75, 3.05) is 19.5 Å². The fraction of sp³-hybridized carbons (Fsp3) is 0.100. The van der Waals surface area contributed by atoms with Crippen molar-refractivity contribution in [3.63, 3.8) is 0 Å². The van der Waals surface area contributed by atoms with Crippen LogP contribution in [0.15, 0.2) is 59.1 Å². The number of carbonyl (C=O) groups is 2. The topological polar surface area (TPSA) is 67.4 Å². The van der Waals surface area contributed by atoms with Crippen LogP contribution in [-0.2, 0) is 0 Å². The van der Waals surface area contributed by atoms with Crippen molar-refractivity contribution in [2.45, 2.75) is 0 Å². The minimum atomic E-state index is -0.300. The molecule has 2 amide bonds. The molecule has 0 aliphatic heterocycles. The lowest BCUT2D eigenvalue weighted by Gasteiger charge is -2.11. The highest BCUT2D eigenvalue weighted by Gasteiger charge is 2.16. The van der Waals surface area contributed by atoms with Crippen LogP contribution in [0, 0.1) is 0 Å². The maximum absolute atomic E-state index is 12.7. The van der Waals surface area contributed by atoms with Gasteiger partial charge in [0.25, 0.3) is 11.8 Å². The summed E-state index contributed by atoms with van der Waals surface area (Å²) < 4.78 is 6.16. The van der Waals surface area contributed by atoms with Crippen LogP contribution in [0.3, 0.4) is 0 Å². The lowest BCUT2D eigenvalue weighted by molar-refractivity contribution is 0.0963. The maximum atomic E-state index is 12.7. The predicted octanol–water partition coefficient (Wildman–Crippen LogP) is 4.80. The first-order chi connectivity index (χ1) is 13.0. The smallest absolute Gasteiger partial charge is 0.265 e. The molecule has 2 aromatic carbocycles. The van der Waals surface area contributed by atoms with Crippen LogP contribution in [0.25, 0.3) is 10.4 Å². The van der Waals surface area contributed by atoms with Crippen molar-refractivity contribution in [2.24, 2.45) is 0 Å². The third kappa shape index (κ3) is 4.37. The molecule has 0 spiro atoms. The van der Waals surface area contributed by atoms with Gasteiger partial charge in [-0.2, -0.15) is 0 Å². The zero-order chi connectivity index (χ0) is 19.4. The number of nitrogens with one attached hydrogen (secondary N) is 2. The molecule has 0 saturated carbocycles. The molecular weight excluding hydrogens is 428 g/mol. The summed E-state index contributed by atoms with van der Waals surface area (Å²) in [5, 5.41) is 5.38. The van der Waals surface area contributed by atoms with Crippen molar-refractivity contribution in [1.82, 2.24) is 5.32 Å². The number of amides is 2. The molecule has 0 radical (unpaired) electrons. The fourth-order valence-electron chi connectivity index (χ4n) is 2.49. The Kier molecular flexibility index (Phi) is 5.93. The molecule has 27 heavy (non-hydrogen) atoms. The van der Waals surface area contributed by atoms with Crippen LogP contribution in [-0.4, -0.2) is 26.0 Å². The summed E-state index contributed by atoms with van der Waals surface area (Å²) >= 11 is 4.81. The van der Waals surface area contributed by atoms with Gasteiger partial charge in [0.15, 0.2) is 0 Å². The molecule has 5 nitrogen and oxygen atoms in total.